The summed E-state index contributed by atoms with van der Waals surface area (Å²) < 4.78 is 31.6. The monoisotopic (exact) mass is 767 g/mol. The Hall–Kier alpha value is 1.06. The summed E-state index contributed by atoms with van der Waals surface area (Å²) in [5.74, 6) is 0. The van der Waals surface area contributed by atoms with Crippen molar-refractivity contribution in [2.75, 3.05) is 42.7 Å². The van der Waals surface area contributed by atoms with Gasteiger partial charge in [0.05, 0.1) is 0 Å². The van der Waals surface area contributed by atoms with E-state index in [4.69, 9.17) is 26.6 Å². The van der Waals surface area contributed by atoms with Gasteiger partial charge in [-0.2, -0.15) is 0 Å². The molecule has 0 atom stereocenters. The van der Waals surface area contributed by atoms with Crippen molar-refractivity contribution in [3.05, 3.63) is 0 Å². The van der Waals surface area contributed by atoms with Crippen molar-refractivity contribution < 1.29 is 26.6 Å². The van der Waals surface area contributed by atoms with Gasteiger partial charge in [-0.05, 0) is 115 Å². The molecule has 0 aliphatic carbocycles. The lowest BCUT2D eigenvalue weighted by molar-refractivity contribution is 0.394. The lowest BCUT2D eigenvalue weighted by Crippen LogP contribution is -2.32. The molecule has 0 aromatic heterocycles. The Morgan fingerprint density at radius 3 is 0.652 bits per heavy atom. The number of hydrogen-bond donors (Lipinski definition) is 0. The zero-order valence-electron chi connectivity index (χ0n) is 35.8. The average Bonchev–Trinajstić information content (AvgIpc) is 2.98. The second-order valence-electron chi connectivity index (χ2n) is 15.2. The van der Waals surface area contributed by atoms with Crippen LogP contribution in [0.5, 0.6) is 0 Å². The van der Waals surface area contributed by atoms with Gasteiger partial charge in [0.2, 0.25) is 0 Å². The third-order valence-electron chi connectivity index (χ3n) is 8.07. The summed E-state index contributed by atoms with van der Waals surface area (Å²) in [7, 11) is 3.88. The summed E-state index contributed by atoms with van der Waals surface area (Å²) in [6, 6.07) is 7.60. The van der Waals surface area contributed by atoms with Crippen LogP contribution in [0.3, 0.4) is 0 Å². The maximum Gasteiger partial charge on any atom is 0.189 e. The van der Waals surface area contributed by atoms with Gasteiger partial charge in [-0.15, -0.1) is 0 Å². The summed E-state index contributed by atoms with van der Waals surface area (Å²) in [5.41, 5.74) is 0. The highest BCUT2D eigenvalue weighted by atomic mass is 28.4. The second kappa shape index (κ2) is 34.5. The predicted molar refractivity (Wildman–Crippen MR) is 230 cm³/mol. The van der Waals surface area contributed by atoms with Crippen LogP contribution >= 0.6 is 0 Å². The first kappa shape index (κ1) is 62.2. The zero-order chi connectivity index (χ0) is 37.6. The molecule has 0 bridgehead atoms. The van der Waals surface area contributed by atoms with Crippen molar-refractivity contribution in [1.29, 1.82) is 0 Å². The zero-order valence-corrected chi connectivity index (χ0v) is 41.8. The van der Waals surface area contributed by atoms with Crippen LogP contribution in [0.15, 0.2) is 0 Å². The largest absolute Gasteiger partial charge is 0.421 e. The van der Waals surface area contributed by atoms with Crippen molar-refractivity contribution in [3.8, 4) is 0 Å². The molecule has 0 rings (SSSR count). The van der Waals surface area contributed by atoms with Crippen molar-refractivity contribution in [2.45, 2.75) is 183 Å². The smallest absolute Gasteiger partial charge is 0.189 e. The standard InChI is InChI=1S/C8H20OSi.2C6H16OSi.C5H14OSi.2C4H12OSi.CH4/c1-5-7-10(4,9-3)8-6-2;1-5-6-8(3,4)7-2;1-5-8(4,6-2)7-3;1-5-7(3,4)6-2;2*1-5-6(2,3)4;/h5-8H2,1-4H3;2*5-6H2,1-4H3;5H2,1-4H3;2*1-4H3;1H4. The molecule has 6 nitrogen and oxygen atoms in total. The normalized spacial score (nSPS) is 11.7. The maximum atomic E-state index is 5.56. The van der Waals surface area contributed by atoms with Crippen LogP contribution in [-0.4, -0.2) is 92.6 Å². The van der Waals surface area contributed by atoms with Crippen LogP contribution in [0, 0.1) is 0 Å². The van der Waals surface area contributed by atoms with Gasteiger partial charge in [-0.1, -0.05) is 68.2 Å². The lowest BCUT2D eigenvalue weighted by atomic mass is 10.6. The molecule has 0 aromatic rings. The summed E-state index contributed by atoms with van der Waals surface area (Å²) >= 11 is 0. The van der Waals surface area contributed by atoms with E-state index in [0.717, 1.165) is 0 Å². The molecule has 0 amide bonds. The van der Waals surface area contributed by atoms with Crippen molar-refractivity contribution in [1.82, 2.24) is 0 Å². The molecule has 0 heterocycles. The van der Waals surface area contributed by atoms with Gasteiger partial charge in [0.1, 0.15) is 0 Å². The Morgan fingerprint density at radius 1 is 0.326 bits per heavy atom. The Balaban J connectivity index is -0.0000000797. The van der Waals surface area contributed by atoms with Gasteiger partial charge in [-0.25, -0.2) is 0 Å². The average molecular weight is 768 g/mol. The molecular weight excluding hydrogens is 673 g/mol. The highest BCUT2D eigenvalue weighted by Crippen LogP contribution is 2.19. The Labute approximate surface area is 301 Å². The van der Waals surface area contributed by atoms with Gasteiger partial charge in [0.15, 0.2) is 49.9 Å². The minimum atomic E-state index is -1.22. The summed E-state index contributed by atoms with van der Waals surface area (Å²) in [6.07, 6.45) is 3.81. The van der Waals surface area contributed by atoms with Crippen LogP contribution in [0.2, 0.25) is 115 Å². The van der Waals surface area contributed by atoms with Gasteiger partial charge in [-0.3, -0.25) is 0 Å². The molecule has 0 saturated heterocycles. The van der Waals surface area contributed by atoms with Crippen molar-refractivity contribution in [2.24, 2.45) is 0 Å². The number of hydrogen-bond acceptors (Lipinski definition) is 6. The SMILES string of the molecule is C.CCC[Si](C)(C)OC.CCC[Si](C)(CCC)OC.CC[Si](C)(C)OC.CC[Si](C)(CC)OC.CO[Si](C)(C)C.CO[Si](C)(C)C. The Kier molecular flexibility index (Phi) is 46.7. The van der Waals surface area contributed by atoms with Gasteiger partial charge < -0.3 is 26.6 Å². The van der Waals surface area contributed by atoms with E-state index in [0.29, 0.717) is 0 Å². The van der Waals surface area contributed by atoms with Crippen LogP contribution in [0.25, 0.3) is 0 Å². The van der Waals surface area contributed by atoms with Crippen LogP contribution in [0.1, 0.15) is 68.2 Å². The molecular formula is C34H94O6Si6. The summed E-state index contributed by atoms with van der Waals surface area (Å²) in [6.45, 7) is 39.8. The molecule has 0 aliphatic heterocycles. The molecule has 0 unspecified atom stereocenters. The van der Waals surface area contributed by atoms with Crippen molar-refractivity contribution in [3.63, 3.8) is 0 Å². The molecule has 0 N–H and O–H groups in total. The Morgan fingerprint density at radius 2 is 0.587 bits per heavy atom. The first-order valence-electron chi connectivity index (χ1n) is 17.5. The predicted octanol–water partition coefficient (Wildman–Crippen LogP) is 13.0. The van der Waals surface area contributed by atoms with Crippen LogP contribution in [0.4, 0.5) is 0 Å². The van der Waals surface area contributed by atoms with E-state index in [2.05, 4.69) is 120 Å². The highest BCUT2D eigenvalue weighted by molar-refractivity contribution is 6.73. The molecule has 0 aromatic carbocycles. The quantitative estimate of drug-likeness (QED) is 0.155. The highest BCUT2D eigenvalue weighted by Gasteiger charge is 2.24. The molecule has 0 spiro atoms. The minimum absolute atomic E-state index is 0. The molecule has 0 fully saturated rings. The van der Waals surface area contributed by atoms with E-state index < -0.39 is 49.9 Å². The minimum Gasteiger partial charge on any atom is -0.421 e. The lowest BCUT2D eigenvalue weighted by Gasteiger charge is -2.23. The van der Waals surface area contributed by atoms with E-state index in [9.17, 15) is 0 Å². The fourth-order valence-electron chi connectivity index (χ4n) is 2.77. The van der Waals surface area contributed by atoms with Gasteiger partial charge >= 0.3 is 0 Å². The van der Waals surface area contributed by atoms with E-state index >= 15 is 0 Å². The molecule has 46 heavy (non-hydrogen) atoms. The maximum absolute atomic E-state index is 5.56. The van der Waals surface area contributed by atoms with Crippen LogP contribution < -0.4 is 0 Å². The molecule has 0 radical (unpaired) electrons. The molecule has 12 heteroatoms. The van der Waals surface area contributed by atoms with Crippen molar-refractivity contribution >= 4 is 49.9 Å². The first-order chi connectivity index (χ1) is 20.2. The summed E-state index contributed by atoms with van der Waals surface area (Å²) in [4.78, 5) is 0. The third-order valence-corrected chi connectivity index (χ3v) is 24.2. The van der Waals surface area contributed by atoms with Gasteiger partial charge in [0.25, 0.3) is 0 Å². The van der Waals surface area contributed by atoms with E-state index in [1.807, 2.05) is 21.3 Å². The second-order valence-corrected chi connectivity index (χ2v) is 42.5. The van der Waals surface area contributed by atoms with E-state index in [1.165, 1.54) is 55.5 Å². The topological polar surface area (TPSA) is 55.4 Å². The third kappa shape index (κ3) is 54.5. The van der Waals surface area contributed by atoms with E-state index in [-0.39, 0.29) is 7.43 Å². The molecule has 0 aliphatic rings. The fourth-order valence-corrected chi connectivity index (χ4v) is 8.32. The van der Waals surface area contributed by atoms with Gasteiger partial charge in [0, 0.05) is 42.7 Å². The Bertz CT molecular complexity index is 559. The fraction of sp³-hybridized carbons (Fsp3) is 1.00. The first-order valence-corrected chi connectivity index (χ1v) is 36.2. The van der Waals surface area contributed by atoms with Crippen LogP contribution in [-0.2, 0) is 26.6 Å². The summed E-state index contributed by atoms with van der Waals surface area (Å²) in [5, 5.41) is 0. The van der Waals surface area contributed by atoms with E-state index in [1.54, 1.807) is 21.3 Å². The number of rotatable bonds is 15. The molecule has 0 saturated carbocycles. The molecule has 290 valence electrons.